The molecule has 0 aliphatic carbocycles. The van der Waals surface area contributed by atoms with Gasteiger partial charge in [-0.2, -0.15) is 0 Å². The van der Waals surface area contributed by atoms with Crippen LogP contribution < -0.4 is 5.32 Å². The Hall–Kier alpha value is -0.570. The van der Waals surface area contributed by atoms with Gasteiger partial charge in [-0.15, -0.1) is 0 Å². The van der Waals surface area contributed by atoms with Crippen molar-refractivity contribution in [2.75, 3.05) is 13.1 Å². The summed E-state index contributed by atoms with van der Waals surface area (Å²) in [4.78, 5) is 2.63. The van der Waals surface area contributed by atoms with E-state index < -0.39 is 0 Å². The molecule has 1 saturated heterocycles. The van der Waals surface area contributed by atoms with Gasteiger partial charge in [0.1, 0.15) is 0 Å². The first-order chi connectivity index (χ1) is 9.22. The molecule has 0 aromatic heterocycles. The van der Waals surface area contributed by atoms with Crippen molar-refractivity contribution >= 4 is 11.6 Å². The first kappa shape index (κ1) is 14.8. The Morgan fingerprint density at radius 2 is 2.00 bits per heavy atom. The van der Waals surface area contributed by atoms with Crippen LogP contribution in [0.3, 0.4) is 0 Å². The van der Waals surface area contributed by atoms with Crippen molar-refractivity contribution in [3.63, 3.8) is 0 Å². The van der Waals surface area contributed by atoms with Crippen molar-refractivity contribution in [3.05, 3.63) is 34.9 Å². The second-order valence-corrected chi connectivity index (χ2v) is 5.95. The van der Waals surface area contributed by atoms with Crippen molar-refractivity contribution in [2.45, 2.75) is 51.7 Å². The van der Waals surface area contributed by atoms with Crippen LogP contribution in [0.1, 0.15) is 38.7 Å². The van der Waals surface area contributed by atoms with Crippen molar-refractivity contribution in [1.82, 2.24) is 10.2 Å². The fraction of sp³-hybridized carbons (Fsp3) is 0.625. The Balaban J connectivity index is 1.99. The summed E-state index contributed by atoms with van der Waals surface area (Å²) in [5.74, 6) is 0. The second kappa shape index (κ2) is 7.28. The highest BCUT2D eigenvalue weighted by molar-refractivity contribution is 6.30. The summed E-state index contributed by atoms with van der Waals surface area (Å²) in [6.45, 7) is 7.86. The Bertz CT molecular complexity index is 377. The molecule has 0 spiro atoms. The molecule has 106 valence electrons. The molecule has 1 aliphatic heterocycles. The van der Waals surface area contributed by atoms with Crippen LogP contribution in [0.25, 0.3) is 0 Å². The van der Waals surface area contributed by atoms with E-state index >= 15 is 0 Å². The van der Waals surface area contributed by atoms with Crippen LogP contribution in [-0.4, -0.2) is 30.1 Å². The zero-order chi connectivity index (χ0) is 13.7. The molecule has 1 aromatic carbocycles. The Morgan fingerprint density at radius 1 is 1.26 bits per heavy atom. The van der Waals surface area contributed by atoms with Crippen LogP contribution >= 0.6 is 11.6 Å². The molecule has 2 atom stereocenters. The fourth-order valence-corrected chi connectivity index (χ4v) is 3.02. The third-order valence-electron chi connectivity index (χ3n) is 4.02. The standard InChI is InChI=1S/C16H25ClN2/c1-3-5-15-12-19(16(4-2)10-18-15)11-13-6-8-14(17)9-7-13/h6-9,15-16,18H,3-5,10-12H2,1-2H3. The van der Waals surface area contributed by atoms with Crippen molar-refractivity contribution in [1.29, 1.82) is 0 Å². The molecule has 0 saturated carbocycles. The van der Waals surface area contributed by atoms with Gasteiger partial charge >= 0.3 is 0 Å². The predicted molar refractivity (Wildman–Crippen MR) is 82.6 cm³/mol. The number of nitrogens with one attached hydrogen (secondary N) is 1. The van der Waals surface area contributed by atoms with Crippen LogP contribution in [0.5, 0.6) is 0 Å². The molecule has 2 nitrogen and oxygen atoms in total. The molecular weight excluding hydrogens is 256 g/mol. The smallest absolute Gasteiger partial charge is 0.0406 e. The molecule has 0 amide bonds. The lowest BCUT2D eigenvalue weighted by Gasteiger charge is -2.40. The highest BCUT2D eigenvalue weighted by Crippen LogP contribution is 2.18. The Morgan fingerprint density at radius 3 is 2.63 bits per heavy atom. The van der Waals surface area contributed by atoms with Gasteiger partial charge in [0, 0.05) is 36.7 Å². The van der Waals surface area contributed by atoms with Gasteiger partial charge in [0.25, 0.3) is 0 Å². The minimum Gasteiger partial charge on any atom is -0.311 e. The van der Waals surface area contributed by atoms with E-state index in [1.165, 1.54) is 24.8 Å². The van der Waals surface area contributed by atoms with Crippen molar-refractivity contribution in [3.8, 4) is 0 Å². The summed E-state index contributed by atoms with van der Waals surface area (Å²) in [7, 11) is 0. The first-order valence-electron chi connectivity index (χ1n) is 7.44. The molecule has 1 aliphatic rings. The molecule has 1 aromatic rings. The molecule has 1 heterocycles. The van der Waals surface area contributed by atoms with Gasteiger partial charge in [-0.1, -0.05) is 44.0 Å². The zero-order valence-corrected chi connectivity index (χ0v) is 12.8. The van der Waals surface area contributed by atoms with E-state index in [0.29, 0.717) is 12.1 Å². The van der Waals surface area contributed by atoms with Gasteiger partial charge < -0.3 is 5.32 Å². The summed E-state index contributed by atoms with van der Waals surface area (Å²) < 4.78 is 0. The molecular formula is C16H25ClN2. The number of nitrogens with zero attached hydrogens (tertiary/aromatic N) is 1. The van der Waals surface area contributed by atoms with E-state index in [2.05, 4.69) is 36.2 Å². The predicted octanol–water partition coefficient (Wildman–Crippen LogP) is 3.69. The van der Waals surface area contributed by atoms with Crippen LogP contribution in [0, 0.1) is 0 Å². The second-order valence-electron chi connectivity index (χ2n) is 5.51. The zero-order valence-electron chi connectivity index (χ0n) is 12.0. The Labute approximate surface area is 122 Å². The molecule has 1 N–H and O–H groups in total. The van der Waals surface area contributed by atoms with E-state index in [4.69, 9.17) is 11.6 Å². The summed E-state index contributed by atoms with van der Waals surface area (Å²) in [6, 6.07) is 9.58. The maximum absolute atomic E-state index is 5.95. The van der Waals surface area contributed by atoms with Gasteiger partial charge in [0.2, 0.25) is 0 Å². The number of hydrogen-bond donors (Lipinski definition) is 1. The van der Waals surface area contributed by atoms with E-state index in [1.807, 2.05) is 12.1 Å². The monoisotopic (exact) mass is 280 g/mol. The van der Waals surface area contributed by atoms with E-state index in [0.717, 1.165) is 24.7 Å². The molecule has 0 bridgehead atoms. The molecule has 1 fully saturated rings. The summed E-state index contributed by atoms with van der Waals surface area (Å²) in [5.41, 5.74) is 1.36. The number of halogens is 1. The van der Waals surface area contributed by atoms with Gasteiger partial charge in [0.05, 0.1) is 0 Å². The molecule has 19 heavy (non-hydrogen) atoms. The normalized spacial score (nSPS) is 24.6. The summed E-state index contributed by atoms with van der Waals surface area (Å²) in [5, 5.41) is 4.50. The third-order valence-corrected chi connectivity index (χ3v) is 4.27. The number of rotatable bonds is 5. The molecule has 2 unspecified atom stereocenters. The van der Waals surface area contributed by atoms with Crippen molar-refractivity contribution in [2.24, 2.45) is 0 Å². The molecule has 2 rings (SSSR count). The van der Waals surface area contributed by atoms with Crippen molar-refractivity contribution < 1.29 is 0 Å². The minimum atomic E-state index is 0.653. The van der Waals surface area contributed by atoms with Crippen LogP contribution in [0.2, 0.25) is 5.02 Å². The number of piperazine rings is 1. The SMILES string of the molecule is CCCC1CN(Cc2ccc(Cl)cc2)C(CC)CN1. The highest BCUT2D eigenvalue weighted by atomic mass is 35.5. The highest BCUT2D eigenvalue weighted by Gasteiger charge is 2.25. The lowest BCUT2D eigenvalue weighted by atomic mass is 10.0. The lowest BCUT2D eigenvalue weighted by molar-refractivity contribution is 0.115. The topological polar surface area (TPSA) is 15.3 Å². The average molecular weight is 281 g/mol. The van der Waals surface area contributed by atoms with Gasteiger partial charge in [-0.25, -0.2) is 0 Å². The van der Waals surface area contributed by atoms with Gasteiger partial charge in [0.15, 0.2) is 0 Å². The summed E-state index contributed by atoms with van der Waals surface area (Å²) in [6.07, 6.45) is 3.73. The first-order valence-corrected chi connectivity index (χ1v) is 7.82. The third kappa shape index (κ3) is 4.20. The Kier molecular flexibility index (Phi) is 5.68. The minimum absolute atomic E-state index is 0.653. The van der Waals surface area contributed by atoms with Gasteiger partial charge in [-0.05, 0) is 30.5 Å². The van der Waals surface area contributed by atoms with Crippen LogP contribution in [0.15, 0.2) is 24.3 Å². The van der Waals surface area contributed by atoms with E-state index in [1.54, 1.807) is 0 Å². The largest absolute Gasteiger partial charge is 0.311 e. The van der Waals surface area contributed by atoms with E-state index in [9.17, 15) is 0 Å². The molecule has 3 heteroatoms. The van der Waals surface area contributed by atoms with Gasteiger partial charge in [-0.3, -0.25) is 4.90 Å². The summed E-state index contributed by atoms with van der Waals surface area (Å²) >= 11 is 5.95. The lowest BCUT2D eigenvalue weighted by Crippen LogP contribution is -2.55. The number of hydrogen-bond acceptors (Lipinski definition) is 2. The van der Waals surface area contributed by atoms with Crippen LogP contribution in [0.4, 0.5) is 0 Å². The quantitative estimate of drug-likeness (QED) is 0.885. The number of benzene rings is 1. The molecule has 0 radical (unpaired) electrons. The maximum atomic E-state index is 5.95. The van der Waals surface area contributed by atoms with E-state index in [-0.39, 0.29) is 0 Å². The average Bonchev–Trinajstić information content (AvgIpc) is 2.42. The maximum Gasteiger partial charge on any atom is 0.0406 e. The fourth-order valence-electron chi connectivity index (χ4n) is 2.89. The van der Waals surface area contributed by atoms with Crippen LogP contribution in [-0.2, 0) is 6.54 Å².